The van der Waals surface area contributed by atoms with Crippen LogP contribution in [-0.2, 0) is 10.0 Å². The molecular weight excluding hydrogens is 318 g/mol. The summed E-state index contributed by atoms with van der Waals surface area (Å²) in [4.78, 5) is 0.0670. The average molecular weight is 334 g/mol. The minimum atomic E-state index is -3.59. The minimum Gasteiger partial charge on any atom is -0.384 e. The monoisotopic (exact) mass is 333 g/mol. The highest BCUT2D eigenvalue weighted by molar-refractivity contribution is 7.98. The molecule has 1 N–H and O–H groups in total. The highest BCUT2D eigenvalue weighted by Gasteiger charge is 2.23. The Kier molecular flexibility index (Phi) is 6.86. The summed E-state index contributed by atoms with van der Waals surface area (Å²) in [7, 11) is -2.06. The van der Waals surface area contributed by atoms with E-state index in [1.54, 1.807) is 17.8 Å². The van der Waals surface area contributed by atoms with Gasteiger partial charge in [-0.3, -0.25) is 0 Å². The van der Waals surface area contributed by atoms with Gasteiger partial charge < -0.3 is 5.11 Å². The first kappa shape index (κ1) is 17.3. The maximum absolute atomic E-state index is 12.3. The summed E-state index contributed by atoms with van der Waals surface area (Å²) < 4.78 is 26.0. The van der Waals surface area contributed by atoms with Crippen LogP contribution in [0.5, 0.6) is 0 Å². The quantitative estimate of drug-likeness (QED) is 0.833. The van der Waals surface area contributed by atoms with E-state index in [1.165, 1.54) is 23.5 Å². The van der Waals surface area contributed by atoms with Gasteiger partial charge in [-0.1, -0.05) is 23.4 Å². The number of aliphatic hydroxyl groups excluding tert-OH is 1. The van der Waals surface area contributed by atoms with Gasteiger partial charge in [0.1, 0.15) is 11.5 Å². The van der Waals surface area contributed by atoms with Crippen molar-refractivity contribution in [3.63, 3.8) is 0 Å². The van der Waals surface area contributed by atoms with Gasteiger partial charge in [-0.05, 0) is 24.5 Å². The minimum absolute atomic E-state index is 0.0670. The molecule has 0 saturated carbocycles. The Hall–Kier alpha value is -0.710. The molecule has 1 rings (SSSR count). The van der Waals surface area contributed by atoms with Crippen molar-refractivity contribution >= 4 is 33.4 Å². The second-order valence-corrected chi connectivity index (χ2v) is 7.33. The molecule has 0 amide bonds. The van der Waals surface area contributed by atoms with Crippen molar-refractivity contribution in [1.29, 1.82) is 0 Å². The van der Waals surface area contributed by atoms with Crippen LogP contribution in [-0.4, -0.2) is 50.0 Å². The third-order valence-corrected chi connectivity index (χ3v) is 5.47. The second-order valence-electron chi connectivity index (χ2n) is 3.92. The number of sulfonamides is 1. The normalized spacial score (nSPS) is 11.2. The van der Waals surface area contributed by atoms with Crippen molar-refractivity contribution in [2.45, 2.75) is 4.90 Å². The van der Waals surface area contributed by atoms with Crippen LogP contribution in [0.4, 0.5) is 0 Å². The fourth-order valence-corrected chi connectivity index (χ4v) is 3.70. The van der Waals surface area contributed by atoms with Crippen molar-refractivity contribution in [3.8, 4) is 11.8 Å². The molecule has 1 aromatic rings. The molecule has 0 spiro atoms. The lowest BCUT2D eigenvalue weighted by molar-refractivity contribution is 0.350. The summed E-state index contributed by atoms with van der Waals surface area (Å²) in [6.45, 7) is 0.168. The first-order chi connectivity index (χ1) is 9.43. The van der Waals surface area contributed by atoms with Crippen molar-refractivity contribution < 1.29 is 13.5 Å². The third-order valence-electron chi connectivity index (χ3n) is 2.54. The maximum atomic E-state index is 12.3. The number of benzene rings is 1. The topological polar surface area (TPSA) is 57.6 Å². The van der Waals surface area contributed by atoms with Gasteiger partial charge in [0.05, 0.1) is 5.02 Å². The van der Waals surface area contributed by atoms with Gasteiger partial charge in [0.15, 0.2) is 0 Å². The second kappa shape index (κ2) is 7.91. The molecule has 0 saturated heterocycles. The summed E-state index contributed by atoms with van der Waals surface area (Å²) in [6.07, 6.45) is 1.92. The summed E-state index contributed by atoms with van der Waals surface area (Å²) in [6, 6.07) is 4.50. The van der Waals surface area contributed by atoms with Gasteiger partial charge in [-0.25, -0.2) is 12.7 Å². The van der Waals surface area contributed by atoms with Crippen LogP contribution in [0, 0.1) is 11.8 Å². The lowest BCUT2D eigenvalue weighted by Crippen LogP contribution is -2.29. The molecule has 0 radical (unpaired) electrons. The van der Waals surface area contributed by atoms with Crippen LogP contribution in [0.25, 0.3) is 0 Å². The molecule has 0 heterocycles. The predicted molar refractivity (Wildman–Crippen MR) is 83.6 cm³/mol. The van der Waals surface area contributed by atoms with Crippen LogP contribution < -0.4 is 0 Å². The van der Waals surface area contributed by atoms with Crippen molar-refractivity contribution in [2.24, 2.45) is 0 Å². The first-order valence-electron chi connectivity index (χ1n) is 5.78. The largest absolute Gasteiger partial charge is 0.384 e. The molecular formula is C13H16ClNO3S2. The molecule has 4 nitrogen and oxygen atoms in total. The zero-order valence-corrected chi connectivity index (χ0v) is 13.6. The fraction of sp³-hybridized carbons (Fsp3) is 0.385. The lowest BCUT2D eigenvalue weighted by atomic mass is 10.2. The fourth-order valence-electron chi connectivity index (χ4n) is 1.44. The zero-order chi connectivity index (χ0) is 15.2. The molecule has 0 bridgehead atoms. The highest BCUT2D eigenvalue weighted by atomic mass is 35.5. The standard InChI is InChI=1S/C13H16ClNO3S2/c1-15(7-9-19-2)20(17,18)13-6-5-11(4-3-8-16)10-12(13)14/h5-6,10,16H,7-9H2,1-2H3. The van der Waals surface area contributed by atoms with Crippen LogP contribution in [0.1, 0.15) is 5.56 Å². The number of nitrogens with zero attached hydrogens (tertiary/aromatic N) is 1. The lowest BCUT2D eigenvalue weighted by Gasteiger charge is -2.17. The van der Waals surface area contributed by atoms with Gasteiger partial charge in [0.2, 0.25) is 10.0 Å². The molecule has 0 atom stereocenters. The van der Waals surface area contributed by atoms with Crippen LogP contribution >= 0.6 is 23.4 Å². The Morgan fingerprint density at radius 2 is 2.15 bits per heavy atom. The molecule has 0 aliphatic heterocycles. The van der Waals surface area contributed by atoms with Crippen molar-refractivity contribution in [1.82, 2.24) is 4.31 Å². The van der Waals surface area contributed by atoms with Crippen LogP contribution in [0.2, 0.25) is 5.02 Å². The van der Waals surface area contributed by atoms with E-state index in [0.29, 0.717) is 17.9 Å². The van der Waals surface area contributed by atoms with E-state index in [-0.39, 0.29) is 16.5 Å². The smallest absolute Gasteiger partial charge is 0.244 e. The van der Waals surface area contributed by atoms with E-state index in [4.69, 9.17) is 16.7 Å². The average Bonchev–Trinajstić information content (AvgIpc) is 2.42. The molecule has 0 aliphatic rings. The SMILES string of the molecule is CSCCN(C)S(=O)(=O)c1ccc(C#CCO)cc1Cl. The van der Waals surface area contributed by atoms with E-state index in [2.05, 4.69) is 11.8 Å². The molecule has 0 fully saturated rings. The van der Waals surface area contributed by atoms with Gasteiger partial charge in [-0.2, -0.15) is 11.8 Å². The van der Waals surface area contributed by atoms with Crippen molar-refractivity contribution in [2.75, 3.05) is 32.2 Å². The number of hydrogen-bond acceptors (Lipinski definition) is 4. The number of aliphatic hydroxyl groups is 1. The Morgan fingerprint density at radius 1 is 1.45 bits per heavy atom. The Balaban J connectivity index is 3.07. The van der Waals surface area contributed by atoms with Gasteiger partial charge in [-0.15, -0.1) is 0 Å². The first-order valence-corrected chi connectivity index (χ1v) is 8.99. The van der Waals surface area contributed by atoms with E-state index < -0.39 is 10.0 Å². The number of rotatable bonds is 5. The maximum Gasteiger partial charge on any atom is 0.244 e. The molecule has 0 unspecified atom stereocenters. The van der Waals surface area contributed by atoms with E-state index in [1.807, 2.05) is 6.26 Å². The predicted octanol–water partition coefficient (Wildman–Crippen LogP) is 1.67. The zero-order valence-electron chi connectivity index (χ0n) is 11.3. The third kappa shape index (κ3) is 4.40. The summed E-state index contributed by atoms with van der Waals surface area (Å²) in [5.74, 6) is 5.88. The van der Waals surface area contributed by atoms with E-state index >= 15 is 0 Å². The van der Waals surface area contributed by atoms with E-state index in [0.717, 1.165) is 0 Å². The molecule has 0 aliphatic carbocycles. The summed E-state index contributed by atoms with van der Waals surface area (Å²) in [5.41, 5.74) is 0.565. The summed E-state index contributed by atoms with van der Waals surface area (Å²) in [5, 5.41) is 8.76. The Bertz CT molecular complexity index is 620. The van der Waals surface area contributed by atoms with Crippen molar-refractivity contribution in [3.05, 3.63) is 28.8 Å². The number of thioether (sulfide) groups is 1. The molecule has 0 aromatic heterocycles. The van der Waals surface area contributed by atoms with Gasteiger partial charge in [0.25, 0.3) is 0 Å². The molecule has 1 aromatic carbocycles. The summed E-state index contributed by atoms with van der Waals surface area (Å²) >= 11 is 7.61. The number of halogens is 1. The molecule has 110 valence electrons. The van der Waals surface area contributed by atoms with Crippen LogP contribution in [0.15, 0.2) is 23.1 Å². The van der Waals surface area contributed by atoms with Gasteiger partial charge in [0, 0.05) is 24.9 Å². The molecule has 20 heavy (non-hydrogen) atoms. The highest BCUT2D eigenvalue weighted by Crippen LogP contribution is 2.25. The molecule has 7 heteroatoms. The van der Waals surface area contributed by atoms with Gasteiger partial charge >= 0.3 is 0 Å². The number of hydrogen-bond donors (Lipinski definition) is 1. The van der Waals surface area contributed by atoms with Crippen LogP contribution in [0.3, 0.4) is 0 Å². The Labute approximate surface area is 129 Å². The van der Waals surface area contributed by atoms with E-state index in [9.17, 15) is 8.42 Å². The Morgan fingerprint density at radius 3 is 2.70 bits per heavy atom.